The number of hydrogen-bond acceptors (Lipinski definition) is 5. The summed E-state index contributed by atoms with van der Waals surface area (Å²) in [6.45, 7) is 4.38. The maximum atomic E-state index is 12.1. The van der Waals surface area contributed by atoms with E-state index in [1.54, 1.807) is 17.8 Å². The molecule has 1 aliphatic rings. The quantitative estimate of drug-likeness (QED) is 0.758. The molecule has 1 aliphatic heterocycles. The van der Waals surface area contributed by atoms with Gasteiger partial charge in [-0.3, -0.25) is 9.69 Å². The van der Waals surface area contributed by atoms with E-state index in [9.17, 15) is 4.79 Å². The molecular weight excluding hydrogens is 407 g/mol. The summed E-state index contributed by atoms with van der Waals surface area (Å²) in [6.07, 6.45) is 3.66. The Balaban J connectivity index is 1.69. The molecule has 0 radical (unpaired) electrons. The molecule has 6 nitrogen and oxygen atoms in total. The molecule has 1 saturated heterocycles. The molecule has 0 atom stereocenters. The number of nitrogens with one attached hydrogen (secondary N) is 1. The largest absolute Gasteiger partial charge is 0.379 e. The van der Waals surface area contributed by atoms with Gasteiger partial charge in [0.1, 0.15) is 11.5 Å². The summed E-state index contributed by atoms with van der Waals surface area (Å²) in [7, 11) is 1.74. The minimum absolute atomic E-state index is 0.0652. The molecular formula is C16H19IN4O2. The van der Waals surface area contributed by atoms with Crippen LogP contribution in [0.2, 0.25) is 0 Å². The summed E-state index contributed by atoms with van der Waals surface area (Å²) in [5, 5.41) is 3.10. The van der Waals surface area contributed by atoms with Crippen LogP contribution in [-0.2, 0) is 18.3 Å². The van der Waals surface area contributed by atoms with Gasteiger partial charge in [-0.2, -0.15) is 0 Å². The summed E-state index contributed by atoms with van der Waals surface area (Å²) < 4.78 is 7.92. The van der Waals surface area contributed by atoms with Gasteiger partial charge in [0, 0.05) is 42.6 Å². The minimum Gasteiger partial charge on any atom is -0.379 e. The lowest BCUT2D eigenvalue weighted by atomic mass is 10.2. The first-order valence-electron chi connectivity index (χ1n) is 7.50. The predicted molar refractivity (Wildman–Crippen MR) is 98.0 cm³/mol. The van der Waals surface area contributed by atoms with Crippen LogP contribution >= 0.6 is 22.6 Å². The number of halogens is 1. The maximum Gasteiger partial charge on any atom is 0.274 e. The van der Waals surface area contributed by atoms with Gasteiger partial charge in [0.15, 0.2) is 0 Å². The van der Waals surface area contributed by atoms with Crippen molar-refractivity contribution in [2.24, 2.45) is 7.05 Å². The summed E-state index contributed by atoms with van der Waals surface area (Å²) in [6, 6.07) is 5.78. The van der Waals surface area contributed by atoms with Crippen molar-refractivity contribution in [1.82, 2.24) is 14.5 Å². The molecule has 23 heavy (non-hydrogen) atoms. The molecule has 7 heteroatoms. The zero-order valence-corrected chi connectivity index (χ0v) is 15.1. The predicted octanol–water partition coefficient (Wildman–Crippen LogP) is 1.96. The molecule has 1 N–H and O–H groups in total. The summed E-state index contributed by atoms with van der Waals surface area (Å²) in [4.78, 5) is 18.9. The zero-order valence-electron chi connectivity index (χ0n) is 13.0. The van der Waals surface area contributed by atoms with Crippen molar-refractivity contribution in [3.05, 3.63) is 50.1 Å². The summed E-state index contributed by atoms with van der Waals surface area (Å²) in [5.41, 5.74) is 1.63. The number of pyridine rings is 2. The Bertz CT molecular complexity index is 724. The van der Waals surface area contributed by atoms with Crippen molar-refractivity contribution < 1.29 is 4.74 Å². The van der Waals surface area contributed by atoms with Crippen LogP contribution < -0.4 is 10.9 Å². The number of rotatable bonds is 4. The molecule has 3 heterocycles. The molecule has 1 fully saturated rings. The third-order valence-electron chi connectivity index (χ3n) is 3.75. The summed E-state index contributed by atoms with van der Waals surface area (Å²) >= 11 is 2.19. The first kappa shape index (κ1) is 16.4. The lowest BCUT2D eigenvalue weighted by Crippen LogP contribution is -2.35. The molecule has 0 aliphatic carbocycles. The van der Waals surface area contributed by atoms with Crippen LogP contribution in [0.25, 0.3) is 0 Å². The van der Waals surface area contributed by atoms with E-state index < -0.39 is 0 Å². The van der Waals surface area contributed by atoms with E-state index in [1.165, 1.54) is 0 Å². The van der Waals surface area contributed by atoms with E-state index >= 15 is 0 Å². The fraction of sp³-hybridized carbons (Fsp3) is 0.375. The van der Waals surface area contributed by atoms with E-state index in [0.717, 1.165) is 42.0 Å². The van der Waals surface area contributed by atoms with Crippen molar-refractivity contribution in [2.75, 3.05) is 31.6 Å². The number of morpholine rings is 1. The van der Waals surface area contributed by atoms with Crippen LogP contribution in [0, 0.1) is 3.57 Å². The Kier molecular flexibility index (Phi) is 5.29. The second-order valence-electron chi connectivity index (χ2n) is 5.55. The lowest BCUT2D eigenvalue weighted by molar-refractivity contribution is 0.0341. The SMILES string of the molecule is Cn1cc(I)cc(Nc2ccc(CN3CCOCC3)cn2)c1=O. The highest BCUT2D eigenvalue weighted by atomic mass is 127. The fourth-order valence-electron chi connectivity index (χ4n) is 2.51. The van der Waals surface area contributed by atoms with Gasteiger partial charge in [0.05, 0.1) is 13.2 Å². The van der Waals surface area contributed by atoms with Gasteiger partial charge >= 0.3 is 0 Å². The van der Waals surface area contributed by atoms with Gasteiger partial charge in [-0.25, -0.2) is 4.98 Å². The maximum absolute atomic E-state index is 12.1. The molecule has 0 saturated carbocycles. The zero-order chi connectivity index (χ0) is 16.2. The van der Waals surface area contributed by atoms with Crippen LogP contribution in [0.4, 0.5) is 11.5 Å². The van der Waals surface area contributed by atoms with Crippen molar-refractivity contribution in [3.63, 3.8) is 0 Å². The average Bonchev–Trinajstić information content (AvgIpc) is 2.55. The van der Waals surface area contributed by atoms with Crippen molar-refractivity contribution >= 4 is 34.1 Å². The Morgan fingerprint density at radius 3 is 2.83 bits per heavy atom. The second kappa shape index (κ2) is 7.41. The Labute approximate surface area is 148 Å². The molecule has 2 aromatic heterocycles. The van der Waals surface area contributed by atoms with Crippen LogP contribution in [-0.4, -0.2) is 40.8 Å². The summed E-state index contributed by atoms with van der Waals surface area (Å²) in [5.74, 6) is 0.676. The number of anilines is 2. The van der Waals surface area contributed by atoms with E-state index in [-0.39, 0.29) is 5.56 Å². The highest BCUT2D eigenvalue weighted by Gasteiger charge is 2.11. The lowest BCUT2D eigenvalue weighted by Gasteiger charge is -2.26. The normalized spacial score (nSPS) is 15.6. The van der Waals surface area contributed by atoms with E-state index in [0.29, 0.717) is 11.5 Å². The Morgan fingerprint density at radius 2 is 2.13 bits per heavy atom. The number of aromatic nitrogens is 2. The smallest absolute Gasteiger partial charge is 0.274 e. The first-order chi connectivity index (χ1) is 11.1. The van der Waals surface area contributed by atoms with Gasteiger partial charge in [-0.15, -0.1) is 0 Å². The Morgan fingerprint density at radius 1 is 1.35 bits per heavy atom. The van der Waals surface area contributed by atoms with Gasteiger partial charge < -0.3 is 14.6 Å². The van der Waals surface area contributed by atoms with E-state index in [4.69, 9.17) is 4.74 Å². The van der Waals surface area contributed by atoms with Crippen molar-refractivity contribution in [1.29, 1.82) is 0 Å². The van der Waals surface area contributed by atoms with Gasteiger partial charge in [-0.1, -0.05) is 6.07 Å². The molecule has 3 rings (SSSR count). The highest BCUT2D eigenvalue weighted by molar-refractivity contribution is 14.1. The minimum atomic E-state index is -0.0652. The number of aryl methyl sites for hydroxylation is 1. The molecule has 0 aromatic carbocycles. The fourth-order valence-corrected chi connectivity index (χ4v) is 3.24. The molecule has 0 bridgehead atoms. The van der Waals surface area contributed by atoms with E-state index in [2.05, 4.69) is 37.8 Å². The van der Waals surface area contributed by atoms with Gasteiger partial charge in [0.25, 0.3) is 5.56 Å². The van der Waals surface area contributed by atoms with Crippen molar-refractivity contribution in [3.8, 4) is 0 Å². The van der Waals surface area contributed by atoms with Gasteiger partial charge in [0.2, 0.25) is 0 Å². The monoisotopic (exact) mass is 426 g/mol. The van der Waals surface area contributed by atoms with E-state index in [1.807, 2.05) is 24.4 Å². The van der Waals surface area contributed by atoms with Gasteiger partial charge in [-0.05, 0) is 40.3 Å². The van der Waals surface area contributed by atoms with Crippen molar-refractivity contribution in [2.45, 2.75) is 6.54 Å². The number of hydrogen-bond donors (Lipinski definition) is 1. The first-order valence-corrected chi connectivity index (χ1v) is 8.58. The highest BCUT2D eigenvalue weighted by Crippen LogP contribution is 2.14. The Hall–Kier alpha value is -1.45. The van der Waals surface area contributed by atoms with Crippen LogP contribution in [0.5, 0.6) is 0 Å². The number of nitrogens with zero attached hydrogens (tertiary/aromatic N) is 3. The van der Waals surface area contributed by atoms with Crippen LogP contribution in [0.15, 0.2) is 35.4 Å². The third kappa shape index (κ3) is 4.30. The standard InChI is InChI=1S/C16H19IN4O2/c1-20-11-13(17)8-14(16(20)22)19-15-3-2-12(9-18-15)10-21-4-6-23-7-5-21/h2-3,8-9,11H,4-7,10H2,1H3,(H,18,19). The molecule has 122 valence electrons. The van der Waals surface area contributed by atoms with Crippen LogP contribution in [0.3, 0.4) is 0 Å². The number of ether oxygens (including phenoxy) is 1. The molecule has 0 amide bonds. The second-order valence-corrected chi connectivity index (χ2v) is 6.80. The molecule has 2 aromatic rings. The molecule has 0 unspecified atom stereocenters. The topological polar surface area (TPSA) is 59.4 Å². The molecule has 0 spiro atoms. The average molecular weight is 426 g/mol. The third-order valence-corrected chi connectivity index (χ3v) is 4.34. The van der Waals surface area contributed by atoms with Crippen LogP contribution in [0.1, 0.15) is 5.56 Å².